The number of amides is 1. The molecular formula is C28H32ClNO5S. The van der Waals surface area contributed by atoms with Gasteiger partial charge in [0.25, 0.3) is 5.91 Å². The third-order valence-electron chi connectivity index (χ3n) is 8.59. The van der Waals surface area contributed by atoms with E-state index < -0.39 is 27.8 Å². The summed E-state index contributed by atoms with van der Waals surface area (Å²) in [6.45, 7) is 3.82. The normalized spacial score (nSPS) is 28.7. The van der Waals surface area contributed by atoms with Crippen LogP contribution in [0, 0.1) is 31.1 Å². The molecule has 0 radical (unpaired) electrons. The van der Waals surface area contributed by atoms with Crippen LogP contribution >= 0.6 is 11.6 Å². The van der Waals surface area contributed by atoms with E-state index in [9.17, 15) is 18.0 Å². The lowest BCUT2D eigenvalue weighted by Gasteiger charge is -2.61. The lowest BCUT2D eigenvalue weighted by molar-refractivity contribution is -0.175. The highest BCUT2D eigenvalue weighted by molar-refractivity contribution is 7.90. The second kappa shape index (κ2) is 8.88. The SMILES string of the molecule is Cc1ccc(C23C[C@@H]4C[C@H](CC(C(=O)OCC(=O)Nc5cc(S(C)(=O)=O)ccc5Cl)(C4)C2)C3)cc1C. The molecule has 4 bridgehead atoms. The molecule has 6 nitrogen and oxygen atoms in total. The molecule has 4 saturated carbocycles. The number of carbonyl (C=O) groups excluding carboxylic acids is 2. The van der Waals surface area contributed by atoms with Crippen molar-refractivity contribution in [1.82, 2.24) is 0 Å². The van der Waals surface area contributed by atoms with Gasteiger partial charge >= 0.3 is 5.97 Å². The van der Waals surface area contributed by atoms with Crippen LogP contribution in [0.25, 0.3) is 0 Å². The maximum atomic E-state index is 13.5. The summed E-state index contributed by atoms with van der Waals surface area (Å²) in [4.78, 5) is 26.2. The van der Waals surface area contributed by atoms with E-state index in [1.165, 1.54) is 34.9 Å². The summed E-state index contributed by atoms with van der Waals surface area (Å²) >= 11 is 6.14. The molecular weight excluding hydrogens is 498 g/mol. The van der Waals surface area contributed by atoms with E-state index in [-0.39, 0.29) is 27.0 Å². The molecule has 6 rings (SSSR count). The van der Waals surface area contributed by atoms with Gasteiger partial charge in [-0.25, -0.2) is 8.42 Å². The van der Waals surface area contributed by atoms with Gasteiger partial charge in [-0.1, -0.05) is 29.8 Å². The summed E-state index contributed by atoms with van der Waals surface area (Å²) in [6, 6.07) is 10.8. The number of sulfone groups is 1. The maximum Gasteiger partial charge on any atom is 0.312 e. The zero-order chi connectivity index (χ0) is 25.9. The fourth-order valence-electron chi connectivity index (χ4n) is 7.21. The second-order valence-corrected chi connectivity index (χ2v) is 13.8. The van der Waals surface area contributed by atoms with E-state index in [4.69, 9.17) is 16.3 Å². The Morgan fingerprint density at radius 1 is 1.03 bits per heavy atom. The summed E-state index contributed by atoms with van der Waals surface area (Å²) in [5, 5.41) is 2.79. The average molecular weight is 530 g/mol. The minimum absolute atomic E-state index is 0.0105. The Morgan fingerprint density at radius 2 is 1.72 bits per heavy atom. The molecule has 4 fully saturated rings. The van der Waals surface area contributed by atoms with E-state index in [2.05, 4.69) is 37.4 Å². The number of esters is 1. The molecule has 1 N–H and O–H groups in total. The fraction of sp³-hybridized carbons (Fsp3) is 0.500. The lowest BCUT2D eigenvalue weighted by Crippen LogP contribution is -2.57. The van der Waals surface area contributed by atoms with Crippen molar-refractivity contribution in [3.05, 3.63) is 58.1 Å². The summed E-state index contributed by atoms with van der Waals surface area (Å²) in [5.74, 6) is 0.138. The quantitative estimate of drug-likeness (QED) is 0.507. The van der Waals surface area contributed by atoms with Crippen molar-refractivity contribution < 1.29 is 22.7 Å². The van der Waals surface area contributed by atoms with Gasteiger partial charge in [-0.2, -0.15) is 0 Å². The highest BCUT2D eigenvalue weighted by atomic mass is 35.5. The van der Waals surface area contributed by atoms with Crippen LogP contribution in [0.3, 0.4) is 0 Å². The van der Waals surface area contributed by atoms with Crippen LogP contribution in [0.4, 0.5) is 5.69 Å². The van der Waals surface area contributed by atoms with E-state index in [1.807, 2.05) is 0 Å². The first kappa shape index (κ1) is 25.3. The number of aryl methyl sites for hydroxylation is 2. The Bertz CT molecular complexity index is 1340. The number of hydrogen-bond acceptors (Lipinski definition) is 5. The predicted octanol–water partition coefficient (Wildman–Crippen LogP) is 5.38. The van der Waals surface area contributed by atoms with E-state index in [0.717, 1.165) is 44.8 Å². The predicted molar refractivity (Wildman–Crippen MR) is 139 cm³/mol. The van der Waals surface area contributed by atoms with Crippen molar-refractivity contribution in [3.8, 4) is 0 Å². The Labute approximate surface area is 217 Å². The standard InChI is InChI=1S/C28H32ClNO5S/c1-17-4-5-21(8-18(17)2)27-11-19-9-20(12-27)14-28(13-19,16-27)26(32)35-15-25(31)30-24-10-22(36(3,33)34)6-7-23(24)29/h4-8,10,19-20H,9,11-16H2,1-3H3,(H,30,31)/t19-,20-,27?,28?/m0/s1. The van der Waals surface area contributed by atoms with Crippen molar-refractivity contribution in [3.63, 3.8) is 0 Å². The lowest BCUT2D eigenvalue weighted by atomic mass is 9.43. The van der Waals surface area contributed by atoms with Gasteiger partial charge in [0, 0.05) is 6.26 Å². The molecule has 8 heteroatoms. The molecule has 4 aliphatic carbocycles. The Kier molecular flexibility index (Phi) is 6.23. The topological polar surface area (TPSA) is 89.5 Å². The molecule has 2 aromatic carbocycles. The molecule has 192 valence electrons. The van der Waals surface area contributed by atoms with E-state index in [1.54, 1.807) is 0 Å². The van der Waals surface area contributed by atoms with Gasteiger partial charge in [0.05, 0.1) is 21.0 Å². The maximum absolute atomic E-state index is 13.5. The van der Waals surface area contributed by atoms with Crippen LogP contribution in [0.5, 0.6) is 0 Å². The highest BCUT2D eigenvalue weighted by Crippen LogP contribution is 2.66. The summed E-state index contributed by atoms with van der Waals surface area (Å²) in [7, 11) is -3.46. The molecule has 2 aromatic rings. The van der Waals surface area contributed by atoms with Gasteiger partial charge in [-0.15, -0.1) is 0 Å². The molecule has 0 unspecified atom stereocenters. The van der Waals surface area contributed by atoms with Crippen molar-refractivity contribution in [2.75, 3.05) is 18.2 Å². The number of nitrogens with one attached hydrogen (secondary N) is 1. The van der Waals surface area contributed by atoms with Gasteiger partial charge < -0.3 is 10.1 Å². The third-order valence-corrected chi connectivity index (χ3v) is 10.0. The number of halogens is 1. The number of rotatable bonds is 6. The molecule has 0 aromatic heterocycles. The fourth-order valence-corrected chi connectivity index (χ4v) is 8.02. The average Bonchev–Trinajstić information content (AvgIpc) is 2.79. The zero-order valence-corrected chi connectivity index (χ0v) is 22.5. The van der Waals surface area contributed by atoms with Crippen LogP contribution in [0.15, 0.2) is 41.3 Å². The number of ether oxygens (including phenoxy) is 1. The number of carbonyl (C=O) groups is 2. The Morgan fingerprint density at radius 3 is 2.36 bits per heavy atom. The molecule has 0 saturated heterocycles. The van der Waals surface area contributed by atoms with Crippen molar-refractivity contribution in [2.45, 2.75) is 62.7 Å². The van der Waals surface area contributed by atoms with Crippen LogP contribution in [0.2, 0.25) is 5.02 Å². The summed E-state index contributed by atoms with van der Waals surface area (Å²) < 4.78 is 29.3. The van der Waals surface area contributed by atoms with Crippen molar-refractivity contribution in [2.24, 2.45) is 17.3 Å². The molecule has 4 aliphatic rings. The first-order valence-corrected chi connectivity index (χ1v) is 14.7. The van der Waals surface area contributed by atoms with Gasteiger partial charge in [0.2, 0.25) is 0 Å². The second-order valence-electron chi connectivity index (χ2n) is 11.4. The zero-order valence-electron chi connectivity index (χ0n) is 20.9. The largest absolute Gasteiger partial charge is 0.455 e. The molecule has 0 heterocycles. The minimum Gasteiger partial charge on any atom is -0.455 e. The van der Waals surface area contributed by atoms with Gasteiger partial charge in [0.1, 0.15) is 0 Å². The first-order chi connectivity index (χ1) is 16.9. The summed E-state index contributed by atoms with van der Waals surface area (Å²) in [6.07, 6.45) is 6.86. The van der Waals surface area contributed by atoms with Crippen LogP contribution < -0.4 is 5.32 Å². The molecule has 0 aliphatic heterocycles. The molecule has 36 heavy (non-hydrogen) atoms. The Balaban J connectivity index is 1.30. The highest BCUT2D eigenvalue weighted by Gasteiger charge is 2.61. The van der Waals surface area contributed by atoms with Crippen molar-refractivity contribution >= 4 is 39.0 Å². The Hall–Kier alpha value is -2.38. The van der Waals surface area contributed by atoms with Crippen molar-refractivity contribution in [1.29, 1.82) is 0 Å². The number of anilines is 1. The minimum atomic E-state index is -3.46. The first-order valence-electron chi connectivity index (χ1n) is 12.4. The van der Waals surface area contributed by atoms with E-state index >= 15 is 0 Å². The van der Waals surface area contributed by atoms with Gasteiger partial charge in [-0.05, 0) is 105 Å². The van der Waals surface area contributed by atoms with Crippen LogP contribution in [-0.2, 0) is 29.6 Å². The van der Waals surface area contributed by atoms with Gasteiger partial charge in [0.15, 0.2) is 16.4 Å². The monoisotopic (exact) mass is 529 g/mol. The van der Waals surface area contributed by atoms with Gasteiger partial charge in [-0.3, -0.25) is 9.59 Å². The smallest absolute Gasteiger partial charge is 0.312 e. The molecule has 2 atom stereocenters. The third kappa shape index (κ3) is 4.56. The molecule has 0 spiro atoms. The van der Waals surface area contributed by atoms with Crippen LogP contribution in [0.1, 0.15) is 55.2 Å². The summed E-state index contributed by atoms with van der Waals surface area (Å²) in [5.41, 5.74) is 3.47. The van der Waals surface area contributed by atoms with Crippen LogP contribution in [-0.4, -0.2) is 33.2 Å². The molecule has 1 amide bonds. The van der Waals surface area contributed by atoms with E-state index in [0.29, 0.717) is 11.8 Å². The number of benzene rings is 2. The number of hydrogen-bond donors (Lipinski definition) is 1.